The molecule has 1 N–H and O–H groups in total. The quantitative estimate of drug-likeness (QED) is 0.793. The van der Waals surface area contributed by atoms with Crippen LogP contribution in [0.1, 0.15) is 43.7 Å². The van der Waals surface area contributed by atoms with Crippen molar-refractivity contribution < 1.29 is 18.7 Å². The van der Waals surface area contributed by atoms with Crippen molar-refractivity contribution in [1.29, 1.82) is 5.26 Å². The average Bonchev–Trinajstić information content (AvgIpc) is 3.19. The fourth-order valence-corrected chi connectivity index (χ4v) is 3.66. The molecule has 3 rings (SSSR count). The topological polar surface area (TPSA) is 79.2 Å². The van der Waals surface area contributed by atoms with E-state index in [0.29, 0.717) is 29.7 Å². The lowest BCUT2D eigenvalue weighted by molar-refractivity contribution is -0.159. The van der Waals surface area contributed by atoms with Crippen molar-refractivity contribution in [3.05, 3.63) is 65.5 Å². The van der Waals surface area contributed by atoms with Crippen molar-refractivity contribution in [2.75, 3.05) is 5.32 Å². The van der Waals surface area contributed by atoms with Crippen LogP contribution in [-0.2, 0) is 19.7 Å². The van der Waals surface area contributed by atoms with Gasteiger partial charge in [0.15, 0.2) is 6.10 Å². The smallest absolute Gasteiger partial charge is 0.317 e. The number of carbonyl (C=O) groups excluding carboxylic acids is 2. The third-order valence-electron chi connectivity index (χ3n) is 5.20. The van der Waals surface area contributed by atoms with Crippen LogP contribution >= 0.6 is 0 Å². The number of halogens is 1. The van der Waals surface area contributed by atoms with E-state index in [2.05, 4.69) is 5.32 Å². The van der Waals surface area contributed by atoms with Crippen molar-refractivity contribution in [1.82, 2.24) is 0 Å². The van der Waals surface area contributed by atoms with Crippen molar-refractivity contribution >= 4 is 17.6 Å². The van der Waals surface area contributed by atoms with Crippen molar-refractivity contribution in [3.63, 3.8) is 0 Å². The zero-order valence-corrected chi connectivity index (χ0v) is 15.6. The maximum atomic E-state index is 14.4. The molecule has 0 aromatic heterocycles. The number of benzene rings is 2. The standard InChI is InChI=1S/C22H21FN2O3/c1-15(20(26)25-19-11-5-2-8-16(19)14-24)28-21(27)22(12-6-7-13-22)17-9-3-4-10-18(17)23/h2-5,8-11,15H,6-7,12-13H2,1H3,(H,25,26)/t15-/m0/s1. The molecule has 1 atom stereocenters. The fraction of sp³-hybridized carbons (Fsp3) is 0.318. The summed E-state index contributed by atoms with van der Waals surface area (Å²) in [4.78, 5) is 25.5. The van der Waals surface area contributed by atoms with Crippen LogP contribution in [0.3, 0.4) is 0 Å². The predicted octanol–water partition coefficient (Wildman–Crippen LogP) is 4.08. The molecule has 0 spiro atoms. The highest BCUT2D eigenvalue weighted by atomic mass is 19.1. The normalized spacial score (nSPS) is 16.0. The Hall–Kier alpha value is -3.20. The highest BCUT2D eigenvalue weighted by Crippen LogP contribution is 2.43. The van der Waals surface area contributed by atoms with Gasteiger partial charge in [-0.2, -0.15) is 5.26 Å². The van der Waals surface area contributed by atoms with E-state index in [0.717, 1.165) is 12.8 Å². The third kappa shape index (κ3) is 3.74. The Bertz CT molecular complexity index is 929. The van der Waals surface area contributed by atoms with E-state index in [1.165, 1.54) is 13.0 Å². The second kappa shape index (κ2) is 8.22. The summed E-state index contributed by atoms with van der Waals surface area (Å²) in [5, 5.41) is 11.7. The molecule has 28 heavy (non-hydrogen) atoms. The minimum Gasteiger partial charge on any atom is -0.452 e. The molecule has 2 aromatic rings. The number of nitriles is 1. The van der Waals surface area contributed by atoms with Gasteiger partial charge in [0.1, 0.15) is 11.9 Å². The van der Waals surface area contributed by atoms with Gasteiger partial charge in [-0.15, -0.1) is 0 Å². The van der Waals surface area contributed by atoms with Crippen LogP contribution < -0.4 is 5.32 Å². The number of nitrogens with one attached hydrogen (secondary N) is 1. The van der Waals surface area contributed by atoms with Crippen LogP contribution in [0.2, 0.25) is 0 Å². The van der Waals surface area contributed by atoms with Crippen LogP contribution in [0, 0.1) is 17.1 Å². The van der Waals surface area contributed by atoms with Crippen LogP contribution in [0.4, 0.5) is 10.1 Å². The average molecular weight is 380 g/mol. The number of para-hydroxylation sites is 1. The lowest BCUT2D eigenvalue weighted by atomic mass is 9.78. The molecule has 0 aliphatic heterocycles. The van der Waals surface area contributed by atoms with Gasteiger partial charge < -0.3 is 10.1 Å². The van der Waals surface area contributed by atoms with Gasteiger partial charge in [-0.25, -0.2) is 4.39 Å². The van der Waals surface area contributed by atoms with Crippen LogP contribution in [0.15, 0.2) is 48.5 Å². The lowest BCUT2D eigenvalue weighted by Crippen LogP contribution is -2.40. The third-order valence-corrected chi connectivity index (χ3v) is 5.20. The highest BCUT2D eigenvalue weighted by molar-refractivity contribution is 5.97. The van der Waals surface area contributed by atoms with Crippen LogP contribution in [0.25, 0.3) is 0 Å². The lowest BCUT2D eigenvalue weighted by Gasteiger charge is -2.29. The highest BCUT2D eigenvalue weighted by Gasteiger charge is 2.46. The van der Waals surface area contributed by atoms with E-state index in [1.807, 2.05) is 6.07 Å². The van der Waals surface area contributed by atoms with Gasteiger partial charge in [0.2, 0.25) is 0 Å². The molecule has 144 valence electrons. The van der Waals surface area contributed by atoms with E-state index in [-0.39, 0.29) is 0 Å². The fourth-order valence-electron chi connectivity index (χ4n) is 3.66. The monoisotopic (exact) mass is 380 g/mol. The van der Waals surface area contributed by atoms with Gasteiger partial charge in [-0.3, -0.25) is 9.59 Å². The number of anilines is 1. The van der Waals surface area contributed by atoms with Crippen LogP contribution in [0.5, 0.6) is 0 Å². The van der Waals surface area contributed by atoms with Gasteiger partial charge in [0, 0.05) is 5.56 Å². The van der Waals surface area contributed by atoms with Crippen molar-refractivity contribution in [2.24, 2.45) is 0 Å². The van der Waals surface area contributed by atoms with Gasteiger partial charge in [0.25, 0.3) is 5.91 Å². The Morgan fingerprint density at radius 1 is 1.14 bits per heavy atom. The zero-order chi connectivity index (χ0) is 20.1. The summed E-state index contributed by atoms with van der Waals surface area (Å²) in [7, 11) is 0. The molecule has 1 aliphatic carbocycles. The molecule has 1 fully saturated rings. The first-order chi connectivity index (χ1) is 13.5. The summed E-state index contributed by atoms with van der Waals surface area (Å²) in [6.45, 7) is 1.46. The first-order valence-electron chi connectivity index (χ1n) is 9.24. The molecule has 0 bridgehead atoms. The molecule has 1 saturated carbocycles. The first-order valence-corrected chi connectivity index (χ1v) is 9.24. The summed E-state index contributed by atoms with van der Waals surface area (Å²) >= 11 is 0. The first kappa shape index (κ1) is 19.6. The van der Waals surface area contributed by atoms with E-state index in [9.17, 15) is 14.0 Å². The minimum atomic E-state index is -1.08. The number of amides is 1. The number of hydrogen-bond donors (Lipinski definition) is 1. The largest absolute Gasteiger partial charge is 0.452 e. The molecular weight excluding hydrogens is 359 g/mol. The number of carbonyl (C=O) groups is 2. The Morgan fingerprint density at radius 2 is 1.79 bits per heavy atom. The maximum Gasteiger partial charge on any atom is 0.317 e. The summed E-state index contributed by atoms with van der Waals surface area (Å²) in [5.41, 5.74) is -0.0831. The van der Waals surface area contributed by atoms with E-state index < -0.39 is 29.2 Å². The van der Waals surface area contributed by atoms with Crippen molar-refractivity contribution in [3.8, 4) is 6.07 Å². The van der Waals surface area contributed by atoms with Gasteiger partial charge >= 0.3 is 5.97 Å². The van der Waals surface area contributed by atoms with E-state index in [1.54, 1.807) is 42.5 Å². The van der Waals surface area contributed by atoms with Gasteiger partial charge in [-0.05, 0) is 38.0 Å². The molecule has 1 amide bonds. The molecule has 0 unspecified atom stereocenters. The van der Waals surface area contributed by atoms with Gasteiger partial charge in [-0.1, -0.05) is 43.2 Å². The summed E-state index contributed by atoms with van der Waals surface area (Å²) in [6, 6.07) is 14.8. The molecule has 2 aromatic carbocycles. The number of hydrogen-bond acceptors (Lipinski definition) is 4. The molecule has 0 heterocycles. The molecule has 1 aliphatic rings. The second-order valence-electron chi connectivity index (χ2n) is 6.96. The SMILES string of the molecule is C[C@H](OC(=O)C1(c2ccccc2F)CCCC1)C(=O)Nc1ccccc1C#N. The number of esters is 1. The van der Waals surface area contributed by atoms with Crippen LogP contribution in [-0.4, -0.2) is 18.0 Å². The Morgan fingerprint density at radius 3 is 2.46 bits per heavy atom. The molecular formula is C22H21FN2O3. The minimum absolute atomic E-state index is 0.313. The Labute approximate surface area is 163 Å². The van der Waals surface area contributed by atoms with Gasteiger partial charge in [0.05, 0.1) is 16.7 Å². The number of nitrogens with zero attached hydrogens (tertiary/aromatic N) is 1. The number of rotatable bonds is 5. The molecule has 6 heteroatoms. The van der Waals surface area contributed by atoms with E-state index in [4.69, 9.17) is 10.00 Å². The maximum absolute atomic E-state index is 14.4. The second-order valence-corrected chi connectivity index (χ2v) is 6.96. The van der Waals surface area contributed by atoms with E-state index >= 15 is 0 Å². The molecule has 5 nitrogen and oxygen atoms in total. The summed E-state index contributed by atoms with van der Waals surface area (Å²) in [6.07, 6.45) is 1.47. The molecule has 0 radical (unpaired) electrons. The Kier molecular flexibility index (Phi) is 5.74. The zero-order valence-electron chi connectivity index (χ0n) is 15.6. The predicted molar refractivity (Wildman–Crippen MR) is 102 cm³/mol. The summed E-state index contributed by atoms with van der Waals surface area (Å²) in [5.74, 6) is -1.58. The van der Waals surface area contributed by atoms with Crippen molar-refractivity contribution in [2.45, 2.75) is 44.1 Å². The Balaban J connectivity index is 1.76. The number of ether oxygens (including phenoxy) is 1. The summed E-state index contributed by atoms with van der Waals surface area (Å²) < 4.78 is 19.8. The molecule has 0 saturated heterocycles.